The summed E-state index contributed by atoms with van der Waals surface area (Å²) in [5.74, 6) is 0. The maximum atomic E-state index is 10.1. The minimum atomic E-state index is -0.793. The minimum Gasteiger partial charge on any atom is -0.385 e. The van der Waals surface area contributed by atoms with Gasteiger partial charge in [0, 0.05) is 5.02 Å². The Bertz CT molecular complexity index is 301. The van der Waals surface area contributed by atoms with Crippen molar-refractivity contribution in [3.63, 3.8) is 0 Å². The molecule has 1 aromatic carbocycles. The predicted octanol–water partition coefficient (Wildman–Crippen LogP) is 3.51. The summed E-state index contributed by atoms with van der Waals surface area (Å²) < 4.78 is 0. The van der Waals surface area contributed by atoms with Crippen LogP contribution in [0.1, 0.15) is 25.3 Å². The highest BCUT2D eigenvalue weighted by Crippen LogP contribution is 2.26. The van der Waals surface area contributed by atoms with Gasteiger partial charge in [-0.2, -0.15) is 0 Å². The summed E-state index contributed by atoms with van der Waals surface area (Å²) in [6, 6.07) is 7.29. The first-order valence-corrected chi connectivity index (χ1v) is 5.03. The van der Waals surface area contributed by atoms with Gasteiger partial charge < -0.3 is 5.11 Å². The summed E-state index contributed by atoms with van der Waals surface area (Å²) in [4.78, 5) is 0. The zero-order valence-corrected chi connectivity index (χ0v) is 9.09. The molecule has 0 radical (unpaired) electrons. The summed E-state index contributed by atoms with van der Waals surface area (Å²) >= 11 is 5.77. The van der Waals surface area contributed by atoms with E-state index >= 15 is 0 Å². The van der Waals surface area contributed by atoms with Gasteiger partial charge in [-0.3, -0.25) is 0 Å². The van der Waals surface area contributed by atoms with Crippen LogP contribution in [0.25, 0.3) is 0 Å². The number of rotatable bonds is 4. The largest absolute Gasteiger partial charge is 0.385 e. The van der Waals surface area contributed by atoms with Crippen LogP contribution >= 0.6 is 11.6 Å². The SMILES string of the molecule is C=CCCC(C)(O)c1ccc(Cl)cc1. The number of aliphatic hydroxyl groups is 1. The van der Waals surface area contributed by atoms with Crippen LogP contribution in [0.2, 0.25) is 5.02 Å². The highest BCUT2D eigenvalue weighted by Gasteiger charge is 2.21. The standard InChI is InChI=1S/C12H15ClO/c1-3-4-9-12(2,14)10-5-7-11(13)8-6-10/h3,5-8,14H,1,4,9H2,2H3. The van der Waals surface area contributed by atoms with Gasteiger partial charge in [-0.05, 0) is 37.5 Å². The van der Waals surface area contributed by atoms with Gasteiger partial charge >= 0.3 is 0 Å². The van der Waals surface area contributed by atoms with Crippen LogP contribution < -0.4 is 0 Å². The highest BCUT2D eigenvalue weighted by molar-refractivity contribution is 6.30. The van der Waals surface area contributed by atoms with Crippen LogP contribution in [-0.4, -0.2) is 5.11 Å². The lowest BCUT2D eigenvalue weighted by atomic mass is 9.91. The van der Waals surface area contributed by atoms with Gasteiger partial charge in [0.1, 0.15) is 0 Å². The summed E-state index contributed by atoms with van der Waals surface area (Å²) in [5.41, 5.74) is 0.0995. The van der Waals surface area contributed by atoms with Gasteiger partial charge in [-0.15, -0.1) is 6.58 Å². The Morgan fingerprint density at radius 2 is 2.00 bits per heavy atom. The Labute approximate surface area is 90.0 Å². The Morgan fingerprint density at radius 3 is 2.50 bits per heavy atom. The fourth-order valence-electron chi connectivity index (χ4n) is 1.34. The van der Waals surface area contributed by atoms with Crippen LogP contribution in [0.15, 0.2) is 36.9 Å². The van der Waals surface area contributed by atoms with E-state index < -0.39 is 5.60 Å². The lowest BCUT2D eigenvalue weighted by Gasteiger charge is -2.23. The third-order valence-corrected chi connectivity index (χ3v) is 2.55. The van der Waals surface area contributed by atoms with Crippen LogP contribution in [0.3, 0.4) is 0 Å². The molecule has 1 atom stereocenters. The molecule has 0 heterocycles. The average Bonchev–Trinajstić information content (AvgIpc) is 2.16. The second kappa shape index (κ2) is 4.63. The summed E-state index contributed by atoms with van der Waals surface area (Å²) in [7, 11) is 0. The molecule has 14 heavy (non-hydrogen) atoms. The van der Waals surface area contributed by atoms with Crippen molar-refractivity contribution >= 4 is 11.6 Å². The van der Waals surface area contributed by atoms with Gasteiger partial charge in [-0.1, -0.05) is 29.8 Å². The topological polar surface area (TPSA) is 20.2 Å². The maximum absolute atomic E-state index is 10.1. The number of allylic oxidation sites excluding steroid dienone is 1. The Morgan fingerprint density at radius 1 is 1.43 bits per heavy atom. The summed E-state index contributed by atoms with van der Waals surface area (Å²) in [6.45, 7) is 5.44. The average molecular weight is 211 g/mol. The number of hydrogen-bond acceptors (Lipinski definition) is 1. The predicted molar refractivity (Wildman–Crippen MR) is 60.5 cm³/mol. The molecular weight excluding hydrogens is 196 g/mol. The third-order valence-electron chi connectivity index (χ3n) is 2.30. The van der Waals surface area contributed by atoms with E-state index in [1.165, 1.54) is 0 Å². The molecule has 1 N–H and O–H groups in total. The molecule has 1 unspecified atom stereocenters. The van der Waals surface area contributed by atoms with Crippen molar-refractivity contribution in [1.29, 1.82) is 0 Å². The monoisotopic (exact) mass is 210 g/mol. The Hall–Kier alpha value is -0.790. The molecule has 0 aliphatic heterocycles. The zero-order valence-electron chi connectivity index (χ0n) is 8.33. The number of benzene rings is 1. The van der Waals surface area contributed by atoms with Crippen LogP contribution in [0, 0.1) is 0 Å². The molecule has 0 spiro atoms. The van der Waals surface area contributed by atoms with Crippen molar-refractivity contribution in [3.8, 4) is 0 Å². The zero-order chi connectivity index (χ0) is 10.6. The van der Waals surface area contributed by atoms with E-state index in [-0.39, 0.29) is 0 Å². The van der Waals surface area contributed by atoms with Gasteiger partial charge in [0.2, 0.25) is 0 Å². The molecule has 0 amide bonds. The van der Waals surface area contributed by atoms with E-state index in [0.29, 0.717) is 11.4 Å². The molecule has 0 saturated heterocycles. The molecule has 0 bridgehead atoms. The molecule has 1 nitrogen and oxygen atoms in total. The van der Waals surface area contributed by atoms with Crippen molar-refractivity contribution < 1.29 is 5.11 Å². The smallest absolute Gasteiger partial charge is 0.0871 e. The summed E-state index contributed by atoms with van der Waals surface area (Å²) in [6.07, 6.45) is 3.29. The number of halogens is 1. The lowest BCUT2D eigenvalue weighted by molar-refractivity contribution is 0.0488. The maximum Gasteiger partial charge on any atom is 0.0871 e. The molecule has 0 aliphatic carbocycles. The van der Waals surface area contributed by atoms with Gasteiger partial charge in [0.25, 0.3) is 0 Å². The fraction of sp³-hybridized carbons (Fsp3) is 0.333. The molecule has 1 aromatic rings. The molecule has 0 aromatic heterocycles. The van der Waals surface area contributed by atoms with Gasteiger partial charge in [0.05, 0.1) is 5.60 Å². The third kappa shape index (κ3) is 2.86. The highest BCUT2D eigenvalue weighted by atomic mass is 35.5. The molecule has 2 heteroatoms. The van der Waals surface area contributed by atoms with Crippen LogP contribution in [-0.2, 0) is 5.60 Å². The van der Waals surface area contributed by atoms with E-state index in [1.807, 2.05) is 18.2 Å². The molecule has 0 saturated carbocycles. The van der Waals surface area contributed by atoms with Crippen molar-refractivity contribution in [1.82, 2.24) is 0 Å². The lowest BCUT2D eigenvalue weighted by Crippen LogP contribution is -2.20. The van der Waals surface area contributed by atoms with Crippen molar-refractivity contribution in [2.24, 2.45) is 0 Å². The fourth-order valence-corrected chi connectivity index (χ4v) is 1.46. The normalized spacial score (nSPS) is 14.8. The Balaban J connectivity index is 2.80. The van der Waals surface area contributed by atoms with E-state index in [1.54, 1.807) is 19.1 Å². The van der Waals surface area contributed by atoms with Gasteiger partial charge in [0.15, 0.2) is 0 Å². The van der Waals surface area contributed by atoms with Crippen molar-refractivity contribution in [3.05, 3.63) is 47.5 Å². The molecule has 76 valence electrons. The second-order valence-electron chi connectivity index (χ2n) is 3.61. The molecule has 0 fully saturated rings. The summed E-state index contributed by atoms with van der Waals surface area (Å²) in [5, 5.41) is 10.8. The first-order chi connectivity index (χ1) is 6.56. The van der Waals surface area contributed by atoms with Gasteiger partial charge in [-0.25, -0.2) is 0 Å². The van der Waals surface area contributed by atoms with Crippen molar-refractivity contribution in [2.45, 2.75) is 25.4 Å². The van der Waals surface area contributed by atoms with E-state index in [2.05, 4.69) is 6.58 Å². The first-order valence-electron chi connectivity index (χ1n) is 4.65. The van der Waals surface area contributed by atoms with E-state index in [0.717, 1.165) is 12.0 Å². The second-order valence-corrected chi connectivity index (χ2v) is 4.04. The Kier molecular flexibility index (Phi) is 3.73. The van der Waals surface area contributed by atoms with E-state index in [9.17, 15) is 5.11 Å². The first kappa shape index (κ1) is 11.3. The minimum absolute atomic E-state index is 0.679. The van der Waals surface area contributed by atoms with Crippen LogP contribution in [0.4, 0.5) is 0 Å². The molecular formula is C12H15ClO. The van der Waals surface area contributed by atoms with E-state index in [4.69, 9.17) is 11.6 Å². The molecule has 0 aliphatic rings. The quantitative estimate of drug-likeness (QED) is 0.755. The van der Waals surface area contributed by atoms with Crippen LogP contribution in [0.5, 0.6) is 0 Å². The number of hydrogen-bond donors (Lipinski definition) is 1. The molecule has 1 rings (SSSR count). The van der Waals surface area contributed by atoms with Crippen molar-refractivity contribution in [2.75, 3.05) is 0 Å².